The number of alkyl halides is 2. The zero-order chi connectivity index (χ0) is 18.1. The van der Waals surface area contributed by atoms with Crippen molar-refractivity contribution in [3.8, 4) is 0 Å². The van der Waals surface area contributed by atoms with Crippen molar-refractivity contribution in [1.82, 2.24) is 0 Å². The fourth-order valence-corrected chi connectivity index (χ4v) is 4.20. The molecule has 140 valence electrons. The maximum absolute atomic E-state index is 12.6. The van der Waals surface area contributed by atoms with Crippen LogP contribution < -0.4 is 0 Å². The normalized spacial score (nSPS) is 18.0. The van der Waals surface area contributed by atoms with E-state index in [1.807, 2.05) is 12.1 Å². The first kappa shape index (κ1) is 20.1. The molecule has 0 amide bonds. The van der Waals surface area contributed by atoms with E-state index in [-0.39, 0.29) is 5.56 Å². The van der Waals surface area contributed by atoms with Crippen LogP contribution in [-0.4, -0.2) is 0 Å². The first-order valence-electron chi connectivity index (χ1n) is 10.2. The van der Waals surface area contributed by atoms with Gasteiger partial charge in [-0.1, -0.05) is 89.1 Å². The van der Waals surface area contributed by atoms with Gasteiger partial charge in [0.05, 0.1) is 0 Å². The Hall–Kier alpha value is -1.18. The van der Waals surface area contributed by atoms with Gasteiger partial charge in [-0.05, 0) is 42.2 Å². The molecule has 0 spiro atoms. The highest BCUT2D eigenvalue weighted by atomic mass is 19.3. The number of hydrogen-bond donors (Lipinski definition) is 0. The molecule has 25 heavy (non-hydrogen) atoms. The molecule has 1 atom stereocenters. The van der Waals surface area contributed by atoms with Gasteiger partial charge in [-0.15, -0.1) is 0 Å². The molecular weight excluding hydrogens is 314 g/mol. The summed E-state index contributed by atoms with van der Waals surface area (Å²) in [6, 6.07) is 6.84. The largest absolute Gasteiger partial charge is 0.263 e. The summed E-state index contributed by atoms with van der Waals surface area (Å²) in [6.07, 6.45) is 13.0. The predicted molar refractivity (Wildman–Crippen MR) is 104 cm³/mol. The van der Waals surface area contributed by atoms with E-state index < -0.39 is 6.43 Å². The third-order valence-corrected chi connectivity index (χ3v) is 5.67. The van der Waals surface area contributed by atoms with Crippen LogP contribution in [0, 0.1) is 11.8 Å². The van der Waals surface area contributed by atoms with E-state index >= 15 is 0 Å². The predicted octanol–water partition coefficient (Wildman–Crippen LogP) is 8.19. The molecule has 1 aromatic rings. The molecule has 0 N–H and O–H groups in total. The van der Waals surface area contributed by atoms with Gasteiger partial charge in [0.25, 0.3) is 6.43 Å². The Balaban J connectivity index is 1.77. The number of hydrogen-bond acceptors (Lipinski definition) is 0. The maximum atomic E-state index is 12.6. The van der Waals surface area contributed by atoms with Crippen molar-refractivity contribution in [2.75, 3.05) is 0 Å². The lowest BCUT2D eigenvalue weighted by molar-refractivity contribution is 0.151. The van der Waals surface area contributed by atoms with Crippen molar-refractivity contribution in [3.63, 3.8) is 0 Å². The quantitative estimate of drug-likeness (QED) is 0.400. The first-order chi connectivity index (χ1) is 12.1. The van der Waals surface area contributed by atoms with E-state index in [0.717, 1.165) is 30.2 Å². The molecule has 2 heteroatoms. The molecule has 0 aliphatic heterocycles. The van der Waals surface area contributed by atoms with Crippen LogP contribution >= 0.6 is 0 Å². The van der Waals surface area contributed by atoms with Crippen molar-refractivity contribution in [2.24, 2.45) is 11.8 Å². The van der Waals surface area contributed by atoms with Crippen LogP contribution in [-0.2, 0) is 0 Å². The maximum Gasteiger partial charge on any atom is 0.263 e. The third-order valence-electron chi connectivity index (χ3n) is 5.67. The second-order valence-electron chi connectivity index (χ2n) is 7.67. The zero-order valence-corrected chi connectivity index (χ0v) is 15.9. The Morgan fingerprint density at radius 3 is 2.20 bits per heavy atom. The summed E-state index contributed by atoms with van der Waals surface area (Å²) >= 11 is 0. The highest BCUT2D eigenvalue weighted by Crippen LogP contribution is 2.34. The third kappa shape index (κ3) is 6.56. The van der Waals surface area contributed by atoms with Crippen molar-refractivity contribution in [3.05, 3.63) is 41.5 Å². The fourth-order valence-electron chi connectivity index (χ4n) is 4.20. The molecule has 0 fully saturated rings. The molecule has 2 rings (SSSR count). The van der Waals surface area contributed by atoms with Crippen LogP contribution in [0.15, 0.2) is 30.3 Å². The van der Waals surface area contributed by atoms with E-state index in [0.29, 0.717) is 0 Å². The Labute approximate surface area is 152 Å². The summed E-state index contributed by atoms with van der Waals surface area (Å²) in [4.78, 5) is 0. The number of halogens is 2. The van der Waals surface area contributed by atoms with E-state index in [9.17, 15) is 8.78 Å². The Bertz CT molecular complexity index is 509. The lowest BCUT2D eigenvalue weighted by Gasteiger charge is -2.23. The van der Waals surface area contributed by atoms with Crippen LogP contribution in [0.4, 0.5) is 8.78 Å². The van der Waals surface area contributed by atoms with Crippen LogP contribution in [0.25, 0.3) is 5.57 Å². The lowest BCUT2D eigenvalue weighted by atomic mass is 9.82. The van der Waals surface area contributed by atoms with Crippen LogP contribution in [0.1, 0.15) is 95.6 Å². The topological polar surface area (TPSA) is 0 Å². The molecule has 0 saturated carbocycles. The Morgan fingerprint density at radius 1 is 1.00 bits per heavy atom. The SMILES string of the molecule is CCCC(CCC)CCCC1CC=C(c2ccc(C(F)F)cc2)CC1. The molecule has 0 heterocycles. The van der Waals surface area contributed by atoms with Gasteiger partial charge in [-0.25, -0.2) is 8.78 Å². The molecule has 0 nitrogen and oxygen atoms in total. The molecule has 0 bridgehead atoms. The van der Waals surface area contributed by atoms with Gasteiger partial charge in [-0.2, -0.15) is 0 Å². The molecule has 0 saturated heterocycles. The zero-order valence-electron chi connectivity index (χ0n) is 15.9. The second-order valence-corrected chi connectivity index (χ2v) is 7.67. The molecule has 0 aromatic heterocycles. The summed E-state index contributed by atoms with van der Waals surface area (Å²) in [6.45, 7) is 4.59. The molecule has 0 radical (unpaired) electrons. The highest BCUT2D eigenvalue weighted by molar-refractivity contribution is 5.66. The molecule has 1 aromatic carbocycles. The van der Waals surface area contributed by atoms with Gasteiger partial charge in [0.1, 0.15) is 0 Å². The minimum absolute atomic E-state index is 0.117. The van der Waals surface area contributed by atoms with Crippen molar-refractivity contribution < 1.29 is 8.78 Å². The van der Waals surface area contributed by atoms with Crippen molar-refractivity contribution in [1.29, 1.82) is 0 Å². The standard InChI is InChI=1S/C23H34F2/c1-3-6-18(7-4-2)8-5-9-19-10-12-20(13-11-19)21-14-16-22(17-15-21)23(24)25/h12,14-19,23H,3-11,13H2,1-2H3. The smallest absolute Gasteiger partial charge is 0.205 e. The minimum atomic E-state index is -2.37. The summed E-state index contributed by atoms with van der Waals surface area (Å²) in [7, 11) is 0. The van der Waals surface area contributed by atoms with Gasteiger partial charge >= 0.3 is 0 Å². The van der Waals surface area contributed by atoms with Crippen molar-refractivity contribution in [2.45, 2.75) is 84.5 Å². The summed E-state index contributed by atoms with van der Waals surface area (Å²) in [5.41, 5.74) is 2.58. The molecule has 1 aliphatic rings. The van der Waals surface area contributed by atoms with Crippen LogP contribution in [0.3, 0.4) is 0 Å². The van der Waals surface area contributed by atoms with Gasteiger partial charge in [0.15, 0.2) is 0 Å². The number of rotatable bonds is 10. The lowest BCUT2D eigenvalue weighted by Crippen LogP contribution is -2.07. The molecular formula is C23H34F2. The van der Waals surface area contributed by atoms with Crippen molar-refractivity contribution >= 4 is 5.57 Å². The average molecular weight is 349 g/mol. The summed E-state index contributed by atoms with van der Waals surface area (Å²) < 4.78 is 25.3. The highest BCUT2D eigenvalue weighted by Gasteiger charge is 2.16. The van der Waals surface area contributed by atoms with E-state index in [4.69, 9.17) is 0 Å². The monoisotopic (exact) mass is 348 g/mol. The van der Waals surface area contributed by atoms with Gasteiger partial charge in [0, 0.05) is 5.56 Å². The Morgan fingerprint density at radius 2 is 1.68 bits per heavy atom. The average Bonchev–Trinajstić information content (AvgIpc) is 2.63. The molecule has 1 aliphatic carbocycles. The number of allylic oxidation sites excluding steroid dienone is 2. The van der Waals surface area contributed by atoms with Gasteiger partial charge in [-0.3, -0.25) is 0 Å². The van der Waals surface area contributed by atoms with Crippen LogP contribution in [0.5, 0.6) is 0 Å². The number of benzene rings is 1. The first-order valence-corrected chi connectivity index (χ1v) is 10.2. The summed E-state index contributed by atoms with van der Waals surface area (Å²) in [5.74, 6) is 1.74. The minimum Gasteiger partial charge on any atom is -0.205 e. The second kappa shape index (κ2) is 10.7. The fraction of sp³-hybridized carbons (Fsp3) is 0.652. The van der Waals surface area contributed by atoms with E-state index in [2.05, 4.69) is 19.9 Å². The van der Waals surface area contributed by atoms with E-state index in [1.54, 1.807) is 12.1 Å². The van der Waals surface area contributed by atoms with E-state index in [1.165, 1.54) is 56.9 Å². The Kier molecular flexibility index (Phi) is 8.64. The molecule has 1 unspecified atom stereocenters. The van der Waals surface area contributed by atoms with Crippen LogP contribution in [0.2, 0.25) is 0 Å². The van der Waals surface area contributed by atoms with Gasteiger partial charge in [0.2, 0.25) is 0 Å². The van der Waals surface area contributed by atoms with Gasteiger partial charge < -0.3 is 0 Å². The summed E-state index contributed by atoms with van der Waals surface area (Å²) in [5, 5.41) is 0.